The molecular weight excluding hydrogens is 228 g/mol. The lowest BCUT2D eigenvalue weighted by Gasteiger charge is -2.28. The number of rotatable bonds is 3. The van der Waals surface area contributed by atoms with E-state index in [1.54, 1.807) is 0 Å². The summed E-state index contributed by atoms with van der Waals surface area (Å²) in [7, 11) is 0. The van der Waals surface area contributed by atoms with Crippen LogP contribution in [-0.2, 0) is 14.3 Å². The second-order valence-electron chi connectivity index (χ2n) is 3.69. The number of nitrogens with zero attached hydrogens (tertiary/aromatic N) is 1. The van der Waals surface area contributed by atoms with Gasteiger partial charge in [-0.3, -0.25) is 4.90 Å². The average molecular weight is 248 g/mol. The first-order valence-electron chi connectivity index (χ1n) is 5.49. The Morgan fingerprint density at radius 3 is 2.12 bits per heavy atom. The molecule has 1 aliphatic rings. The highest BCUT2D eigenvalue weighted by molar-refractivity contribution is 6.27. The largest absolute Gasteiger partial charge is 0.473 e. The molecule has 0 aromatic heterocycles. The minimum absolute atomic E-state index is 0.341. The van der Waals surface area contributed by atoms with Crippen LogP contribution in [0.3, 0.4) is 0 Å². The van der Waals surface area contributed by atoms with Gasteiger partial charge in [0, 0.05) is 25.7 Å². The molecule has 1 saturated heterocycles. The number of carboxylic acids is 2. The number of carbonyl (C=O) groups is 2. The summed E-state index contributed by atoms with van der Waals surface area (Å²) in [5, 5.41) is 14.8. The average Bonchev–Trinajstić information content (AvgIpc) is 2.31. The van der Waals surface area contributed by atoms with Crippen molar-refractivity contribution in [3.05, 3.63) is 0 Å². The molecule has 1 heterocycles. The SMILES string of the molecule is CCC(N)CN1CCOCC1.O=C(O)C(=O)O. The van der Waals surface area contributed by atoms with Crippen molar-refractivity contribution < 1.29 is 24.5 Å². The zero-order valence-electron chi connectivity index (χ0n) is 9.96. The van der Waals surface area contributed by atoms with Crippen LogP contribution in [0.4, 0.5) is 0 Å². The summed E-state index contributed by atoms with van der Waals surface area (Å²) in [6.45, 7) is 7.00. The summed E-state index contributed by atoms with van der Waals surface area (Å²) in [6, 6.07) is 0.341. The Morgan fingerprint density at radius 2 is 1.76 bits per heavy atom. The van der Waals surface area contributed by atoms with E-state index in [2.05, 4.69) is 11.8 Å². The molecule has 0 saturated carbocycles. The fourth-order valence-electron chi connectivity index (χ4n) is 1.24. The topological polar surface area (TPSA) is 113 Å². The fourth-order valence-corrected chi connectivity index (χ4v) is 1.24. The van der Waals surface area contributed by atoms with E-state index in [1.165, 1.54) is 0 Å². The van der Waals surface area contributed by atoms with Gasteiger partial charge in [-0.05, 0) is 6.42 Å². The van der Waals surface area contributed by atoms with Gasteiger partial charge in [-0.1, -0.05) is 6.92 Å². The fraction of sp³-hybridized carbons (Fsp3) is 0.800. The minimum atomic E-state index is -1.82. The standard InChI is InChI=1S/C8H18N2O.C2H2O4/c1-2-8(9)7-10-3-5-11-6-4-10;3-1(4)2(5)6/h8H,2-7,9H2,1H3;(H,3,4)(H,5,6). The summed E-state index contributed by atoms with van der Waals surface area (Å²) in [5.41, 5.74) is 5.82. The summed E-state index contributed by atoms with van der Waals surface area (Å²) >= 11 is 0. The van der Waals surface area contributed by atoms with Crippen molar-refractivity contribution in [3.8, 4) is 0 Å². The van der Waals surface area contributed by atoms with E-state index in [1.807, 2.05) is 0 Å². The molecule has 0 radical (unpaired) electrons. The molecule has 7 nitrogen and oxygen atoms in total. The zero-order chi connectivity index (χ0) is 13.3. The monoisotopic (exact) mass is 248 g/mol. The Bertz CT molecular complexity index is 229. The maximum Gasteiger partial charge on any atom is 0.414 e. The number of hydrogen-bond donors (Lipinski definition) is 3. The first-order chi connectivity index (χ1) is 7.97. The highest BCUT2D eigenvalue weighted by Crippen LogP contribution is 1.98. The van der Waals surface area contributed by atoms with Crippen LogP contribution in [0.5, 0.6) is 0 Å². The number of hydrogen-bond acceptors (Lipinski definition) is 5. The van der Waals surface area contributed by atoms with E-state index >= 15 is 0 Å². The van der Waals surface area contributed by atoms with Gasteiger partial charge in [-0.2, -0.15) is 0 Å². The molecule has 1 rings (SSSR count). The Balaban J connectivity index is 0.000000366. The molecule has 0 aromatic rings. The Morgan fingerprint density at radius 1 is 1.29 bits per heavy atom. The Hall–Kier alpha value is -1.18. The van der Waals surface area contributed by atoms with Gasteiger partial charge in [-0.15, -0.1) is 0 Å². The van der Waals surface area contributed by atoms with Gasteiger partial charge in [0.15, 0.2) is 0 Å². The molecule has 17 heavy (non-hydrogen) atoms. The van der Waals surface area contributed by atoms with Gasteiger partial charge in [0.2, 0.25) is 0 Å². The van der Waals surface area contributed by atoms with Crippen molar-refractivity contribution in [3.63, 3.8) is 0 Å². The number of ether oxygens (including phenoxy) is 1. The van der Waals surface area contributed by atoms with Gasteiger partial charge in [-0.25, -0.2) is 9.59 Å². The Kier molecular flexibility index (Phi) is 8.29. The summed E-state index contributed by atoms with van der Waals surface area (Å²) < 4.78 is 5.23. The van der Waals surface area contributed by atoms with Crippen molar-refractivity contribution in [1.82, 2.24) is 4.90 Å². The molecule has 1 aliphatic heterocycles. The van der Waals surface area contributed by atoms with Crippen LogP contribution in [-0.4, -0.2) is 65.9 Å². The number of carboxylic acid groups (broad SMARTS) is 2. The lowest BCUT2D eigenvalue weighted by Crippen LogP contribution is -2.43. The second-order valence-corrected chi connectivity index (χ2v) is 3.69. The second kappa shape index (κ2) is 8.91. The molecule has 0 spiro atoms. The van der Waals surface area contributed by atoms with Gasteiger partial charge in [0.1, 0.15) is 0 Å². The molecule has 100 valence electrons. The van der Waals surface area contributed by atoms with Crippen molar-refractivity contribution >= 4 is 11.9 Å². The van der Waals surface area contributed by atoms with E-state index in [9.17, 15) is 0 Å². The molecule has 7 heteroatoms. The van der Waals surface area contributed by atoms with E-state index in [0.717, 1.165) is 39.3 Å². The van der Waals surface area contributed by atoms with Gasteiger partial charge >= 0.3 is 11.9 Å². The summed E-state index contributed by atoms with van der Waals surface area (Å²) in [5.74, 6) is -3.65. The van der Waals surface area contributed by atoms with Crippen LogP contribution >= 0.6 is 0 Å². The first-order valence-corrected chi connectivity index (χ1v) is 5.49. The van der Waals surface area contributed by atoms with Crippen LogP contribution in [0.25, 0.3) is 0 Å². The molecule has 0 bridgehead atoms. The van der Waals surface area contributed by atoms with E-state index in [0.29, 0.717) is 6.04 Å². The van der Waals surface area contributed by atoms with E-state index < -0.39 is 11.9 Å². The third-order valence-corrected chi connectivity index (χ3v) is 2.30. The first kappa shape index (κ1) is 15.8. The molecule has 0 aliphatic carbocycles. The summed E-state index contributed by atoms with van der Waals surface area (Å²) in [4.78, 5) is 20.6. The predicted molar refractivity (Wildman–Crippen MR) is 60.8 cm³/mol. The highest BCUT2D eigenvalue weighted by atomic mass is 16.5. The van der Waals surface area contributed by atoms with Crippen LogP contribution in [0.2, 0.25) is 0 Å². The number of morpholine rings is 1. The van der Waals surface area contributed by atoms with Crippen LogP contribution in [0.15, 0.2) is 0 Å². The van der Waals surface area contributed by atoms with Gasteiger partial charge in [0.05, 0.1) is 13.2 Å². The van der Waals surface area contributed by atoms with Crippen molar-refractivity contribution in [1.29, 1.82) is 0 Å². The maximum atomic E-state index is 9.10. The van der Waals surface area contributed by atoms with Gasteiger partial charge < -0.3 is 20.7 Å². The van der Waals surface area contributed by atoms with E-state index in [4.69, 9.17) is 30.3 Å². The maximum absolute atomic E-state index is 9.10. The normalized spacial score (nSPS) is 17.8. The molecular formula is C10H20N2O5. The Labute approximate surface area is 100 Å². The quantitative estimate of drug-likeness (QED) is 0.561. The summed E-state index contributed by atoms with van der Waals surface area (Å²) in [6.07, 6.45) is 1.07. The van der Waals surface area contributed by atoms with Gasteiger partial charge in [0.25, 0.3) is 0 Å². The zero-order valence-corrected chi connectivity index (χ0v) is 9.96. The number of nitrogens with two attached hydrogens (primary N) is 1. The number of aliphatic carboxylic acids is 2. The lowest BCUT2D eigenvalue weighted by atomic mass is 10.2. The third-order valence-electron chi connectivity index (χ3n) is 2.30. The molecule has 0 aromatic carbocycles. The van der Waals surface area contributed by atoms with Crippen LogP contribution in [0, 0.1) is 0 Å². The molecule has 0 amide bonds. The highest BCUT2D eigenvalue weighted by Gasteiger charge is 2.12. The third kappa shape index (κ3) is 8.61. The molecule has 4 N–H and O–H groups in total. The van der Waals surface area contributed by atoms with Crippen LogP contribution < -0.4 is 5.73 Å². The van der Waals surface area contributed by atoms with Crippen molar-refractivity contribution in [2.45, 2.75) is 19.4 Å². The molecule has 1 unspecified atom stereocenters. The predicted octanol–water partition coefficient (Wildman–Crippen LogP) is -0.788. The smallest absolute Gasteiger partial charge is 0.414 e. The lowest BCUT2D eigenvalue weighted by molar-refractivity contribution is -0.159. The van der Waals surface area contributed by atoms with Crippen molar-refractivity contribution in [2.75, 3.05) is 32.8 Å². The molecule has 1 atom stereocenters. The van der Waals surface area contributed by atoms with Crippen molar-refractivity contribution in [2.24, 2.45) is 5.73 Å². The minimum Gasteiger partial charge on any atom is -0.473 e. The molecule has 1 fully saturated rings. The van der Waals surface area contributed by atoms with E-state index in [-0.39, 0.29) is 0 Å². The van der Waals surface area contributed by atoms with Crippen LogP contribution in [0.1, 0.15) is 13.3 Å².